The first kappa shape index (κ1) is 9.64. The standard InChI is InChI=1S/C10H13N5/c1-2-4-8-13-10(15-14-8)7-5-3-6-12-9(7)11/h3,5-6H,2,4H2,1H3,(H2,11,12)(H,13,14,15). The Labute approximate surface area is 87.8 Å². The van der Waals surface area contributed by atoms with Gasteiger partial charge in [0, 0.05) is 12.6 Å². The summed E-state index contributed by atoms with van der Waals surface area (Å²) in [4.78, 5) is 8.34. The average Bonchev–Trinajstić information content (AvgIpc) is 2.68. The number of nitrogens with two attached hydrogens (primary N) is 1. The van der Waals surface area contributed by atoms with Crippen molar-refractivity contribution < 1.29 is 0 Å². The number of aryl methyl sites for hydroxylation is 1. The van der Waals surface area contributed by atoms with E-state index >= 15 is 0 Å². The number of pyridine rings is 1. The molecule has 0 atom stereocenters. The van der Waals surface area contributed by atoms with Crippen LogP contribution in [0.4, 0.5) is 5.82 Å². The molecule has 15 heavy (non-hydrogen) atoms. The lowest BCUT2D eigenvalue weighted by Gasteiger charge is -1.97. The third-order valence-electron chi connectivity index (χ3n) is 2.10. The van der Waals surface area contributed by atoms with E-state index in [9.17, 15) is 0 Å². The topological polar surface area (TPSA) is 80.5 Å². The van der Waals surface area contributed by atoms with Gasteiger partial charge in [0.2, 0.25) is 0 Å². The number of aromatic amines is 1. The van der Waals surface area contributed by atoms with Gasteiger partial charge in [-0.15, -0.1) is 0 Å². The van der Waals surface area contributed by atoms with Gasteiger partial charge in [-0.3, -0.25) is 5.10 Å². The number of aromatic nitrogens is 4. The van der Waals surface area contributed by atoms with Gasteiger partial charge in [-0.05, 0) is 18.6 Å². The van der Waals surface area contributed by atoms with E-state index < -0.39 is 0 Å². The zero-order valence-corrected chi connectivity index (χ0v) is 8.57. The van der Waals surface area contributed by atoms with Crippen LogP contribution in [-0.2, 0) is 6.42 Å². The maximum Gasteiger partial charge on any atom is 0.184 e. The summed E-state index contributed by atoms with van der Waals surface area (Å²) >= 11 is 0. The molecule has 0 fully saturated rings. The number of anilines is 1. The summed E-state index contributed by atoms with van der Waals surface area (Å²) in [6.07, 6.45) is 3.59. The van der Waals surface area contributed by atoms with Crippen molar-refractivity contribution in [1.82, 2.24) is 20.2 Å². The highest BCUT2D eigenvalue weighted by molar-refractivity contribution is 5.67. The predicted octanol–water partition coefficient (Wildman–Crippen LogP) is 1.40. The number of nitrogens with zero attached hydrogens (tertiary/aromatic N) is 3. The molecule has 5 nitrogen and oxygen atoms in total. The normalized spacial score (nSPS) is 10.5. The van der Waals surface area contributed by atoms with Crippen molar-refractivity contribution in [2.24, 2.45) is 0 Å². The number of rotatable bonds is 3. The molecular formula is C10H13N5. The number of H-pyrrole nitrogens is 1. The predicted molar refractivity (Wildman–Crippen MR) is 58.0 cm³/mol. The van der Waals surface area contributed by atoms with Crippen molar-refractivity contribution >= 4 is 5.82 Å². The van der Waals surface area contributed by atoms with Gasteiger partial charge >= 0.3 is 0 Å². The molecule has 2 rings (SSSR count). The van der Waals surface area contributed by atoms with Crippen molar-refractivity contribution in [2.45, 2.75) is 19.8 Å². The lowest BCUT2D eigenvalue weighted by atomic mass is 10.2. The Kier molecular flexibility index (Phi) is 2.62. The fourth-order valence-electron chi connectivity index (χ4n) is 1.37. The van der Waals surface area contributed by atoms with Crippen LogP contribution in [0.5, 0.6) is 0 Å². The summed E-state index contributed by atoms with van der Waals surface area (Å²) in [5, 5.41) is 7.00. The molecule has 0 spiro atoms. The van der Waals surface area contributed by atoms with Crippen LogP contribution in [-0.4, -0.2) is 20.2 Å². The zero-order valence-electron chi connectivity index (χ0n) is 8.57. The van der Waals surface area contributed by atoms with Crippen LogP contribution in [0, 0.1) is 0 Å². The smallest absolute Gasteiger partial charge is 0.184 e. The number of nitrogen functional groups attached to an aromatic ring is 1. The van der Waals surface area contributed by atoms with Gasteiger partial charge in [0.05, 0.1) is 5.56 Å². The molecule has 0 saturated heterocycles. The Morgan fingerprint density at radius 2 is 2.33 bits per heavy atom. The Hall–Kier alpha value is -1.91. The Bertz CT molecular complexity index is 449. The molecule has 5 heteroatoms. The summed E-state index contributed by atoms with van der Waals surface area (Å²) in [6, 6.07) is 3.68. The third kappa shape index (κ3) is 1.96. The second kappa shape index (κ2) is 4.08. The fraction of sp³-hybridized carbons (Fsp3) is 0.300. The van der Waals surface area contributed by atoms with Crippen LogP contribution in [0.1, 0.15) is 19.2 Å². The fourth-order valence-corrected chi connectivity index (χ4v) is 1.37. The van der Waals surface area contributed by atoms with Gasteiger partial charge in [-0.2, -0.15) is 5.10 Å². The van der Waals surface area contributed by atoms with E-state index in [1.54, 1.807) is 6.20 Å². The third-order valence-corrected chi connectivity index (χ3v) is 2.10. The second-order valence-corrected chi connectivity index (χ2v) is 3.29. The summed E-state index contributed by atoms with van der Waals surface area (Å²) in [6.45, 7) is 2.10. The quantitative estimate of drug-likeness (QED) is 0.790. The van der Waals surface area contributed by atoms with Crippen molar-refractivity contribution in [2.75, 3.05) is 5.73 Å². The molecule has 0 aliphatic carbocycles. The number of nitrogens with one attached hydrogen (secondary N) is 1. The van der Waals surface area contributed by atoms with Crippen molar-refractivity contribution in [3.63, 3.8) is 0 Å². The molecule has 0 unspecified atom stereocenters. The van der Waals surface area contributed by atoms with Gasteiger partial charge in [-0.25, -0.2) is 9.97 Å². The van der Waals surface area contributed by atoms with Gasteiger partial charge in [0.1, 0.15) is 11.6 Å². The highest BCUT2D eigenvalue weighted by Gasteiger charge is 2.08. The minimum absolute atomic E-state index is 0.458. The molecule has 0 saturated carbocycles. The second-order valence-electron chi connectivity index (χ2n) is 3.29. The van der Waals surface area contributed by atoms with Crippen molar-refractivity contribution in [3.05, 3.63) is 24.2 Å². The summed E-state index contributed by atoms with van der Waals surface area (Å²) < 4.78 is 0. The van der Waals surface area contributed by atoms with Crippen LogP contribution in [0.2, 0.25) is 0 Å². The molecule has 2 heterocycles. The van der Waals surface area contributed by atoms with E-state index in [4.69, 9.17) is 5.73 Å². The summed E-state index contributed by atoms with van der Waals surface area (Å²) in [5.74, 6) is 1.96. The minimum atomic E-state index is 0.458. The minimum Gasteiger partial charge on any atom is -0.383 e. The molecule has 0 aliphatic heterocycles. The van der Waals surface area contributed by atoms with E-state index in [2.05, 4.69) is 27.1 Å². The van der Waals surface area contributed by atoms with Gasteiger partial charge in [0.15, 0.2) is 5.82 Å². The van der Waals surface area contributed by atoms with Crippen molar-refractivity contribution in [1.29, 1.82) is 0 Å². The zero-order chi connectivity index (χ0) is 10.7. The van der Waals surface area contributed by atoms with Crippen LogP contribution < -0.4 is 5.73 Å². The SMILES string of the molecule is CCCc1nc(-c2cccnc2N)n[nH]1. The number of hydrogen-bond donors (Lipinski definition) is 2. The highest BCUT2D eigenvalue weighted by atomic mass is 15.2. The largest absolute Gasteiger partial charge is 0.383 e. The molecule has 0 aromatic carbocycles. The van der Waals surface area contributed by atoms with Gasteiger partial charge in [-0.1, -0.05) is 6.92 Å². The first-order chi connectivity index (χ1) is 7.31. The molecule has 0 bridgehead atoms. The molecule has 2 aromatic heterocycles. The molecule has 0 radical (unpaired) electrons. The lowest BCUT2D eigenvalue weighted by Crippen LogP contribution is -1.94. The van der Waals surface area contributed by atoms with E-state index in [-0.39, 0.29) is 0 Å². The maximum absolute atomic E-state index is 5.73. The monoisotopic (exact) mass is 203 g/mol. The van der Waals surface area contributed by atoms with Gasteiger partial charge in [0.25, 0.3) is 0 Å². The molecule has 2 aromatic rings. The molecular weight excluding hydrogens is 190 g/mol. The van der Waals surface area contributed by atoms with Crippen LogP contribution in [0.25, 0.3) is 11.4 Å². The van der Waals surface area contributed by atoms with Crippen LogP contribution >= 0.6 is 0 Å². The van der Waals surface area contributed by atoms with Crippen LogP contribution in [0.3, 0.4) is 0 Å². The van der Waals surface area contributed by atoms with E-state index in [1.807, 2.05) is 12.1 Å². The van der Waals surface area contributed by atoms with Crippen molar-refractivity contribution in [3.8, 4) is 11.4 Å². The van der Waals surface area contributed by atoms with E-state index in [0.717, 1.165) is 24.2 Å². The Morgan fingerprint density at radius 1 is 1.47 bits per heavy atom. The Morgan fingerprint density at radius 3 is 3.07 bits per heavy atom. The molecule has 0 amide bonds. The van der Waals surface area contributed by atoms with Gasteiger partial charge < -0.3 is 5.73 Å². The van der Waals surface area contributed by atoms with Crippen LogP contribution in [0.15, 0.2) is 18.3 Å². The summed E-state index contributed by atoms with van der Waals surface area (Å²) in [7, 11) is 0. The molecule has 3 N–H and O–H groups in total. The van der Waals surface area contributed by atoms with E-state index in [1.165, 1.54) is 0 Å². The maximum atomic E-state index is 5.73. The Balaban J connectivity index is 2.33. The number of hydrogen-bond acceptors (Lipinski definition) is 4. The molecule has 0 aliphatic rings. The summed E-state index contributed by atoms with van der Waals surface area (Å²) in [5.41, 5.74) is 6.50. The average molecular weight is 203 g/mol. The molecule has 78 valence electrons. The highest BCUT2D eigenvalue weighted by Crippen LogP contribution is 2.19. The first-order valence-electron chi connectivity index (χ1n) is 4.93. The first-order valence-corrected chi connectivity index (χ1v) is 4.93. The lowest BCUT2D eigenvalue weighted by molar-refractivity contribution is 0.841. The van der Waals surface area contributed by atoms with E-state index in [0.29, 0.717) is 11.6 Å².